The minimum atomic E-state index is -0.649. The smallest absolute Gasteiger partial charge is 0.329 e. The molecule has 3 N–H and O–H groups in total. The SMILES string of the molecule is CNC(C)C(=O)N[C@H]1CCCC[C@H]2CC[C@@H](C(=O)NCc3cccc(C(=O)N4CCC5C[C@H]4C(=O)O5)c3)N2C1=O. The molecule has 2 bridgehead atoms. The summed E-state index contributed by atoms with van der Waals surface area (Å²) in [6.45, 7) is 2.42. The summed E-state index contributed by atoms with van der Waals surface area (Å²) in [6, 6.07) is 4.83. The van der Waals surface area contributed by atoms with Gasteiger partial charge in [-0.15, -0.1) is 0 Å². The van der Waals surface area contributed by atoms with Crippen molar-refractivity contribution in [3.63, 3.8) is 0 Å². The number of likely N-dealkylation sites (N-methyl/N-ethyl adjacent to an activating group) is 1. The fraction of sp³-hybridized carbons (Fsp3) is 0.621. The maximum Gasteiger partial charge on any atom is 0.329 e. The molecule has 1 aromatic rings. The highest BCUT2D eigenvalue weighted by molar-refractivity contribution is 5.98. The highest BCUT2D eigenvalue weighted by Gasteiger charge is 2.45. The Hall–Kier alpha value is -3.47. The molecule has 6 atom stereocenters. The molecule has 4 amide bonds. The van der Waals surface area contributed by atoms with Gasteiger partial charge in [-0.2, -0.15) is 0 Å². The number of carbonyl (C=O) groups is 5. The van der Waals surface area contributed by atoms with Crippen LogP contribution in [0.4, 0.5) is 0 Å². The molecule has 4 fully saturated rings. The lowest BCUT2D eigenvalue weighted by Crippen LogP contribution is -2.57. The van der Waals surface area contributed by atoms with Crippen LogP contribution in [0.3, 0.4) is 0 Å². The van der Waals surface area contributed by atoms with E-state index in [9.17, 15) is 24.0 Å². The van der Waals surface area contributed by atoms with Crippen LogP contribution in [0.1, 0.15) is 74.2 Å². The quantitative estimate of drug-likeness (QED) is 0.426. The van der Waals surface area contributed by atoms with Crippen LogP contribution in [0.5, 0.6) is 0 Å². The van der Waals surface area contributed by atoms with E-state index in [-0.39, 0.29) is 48.3 Å². The third-order valence-corrected chi connectivity index (χ3v) is 8.79. The molecule has 216 valence electrons. The number of benzene rings is 1. The van der Waals surface area contributed by atoms with Crippen molar-refractivity contribution in [1.29, 1.82) is 0 Å². The van der Waals surface area contributed by atoms with Gasteiger partial charge in [-0.3, -0.25) is 19.2 Å². The average Bonchev–Trinajstić information content (AvgIpc) is 3.51. The minimum absolute atomic E-state index is 0.0166. The molecule has 4 saturated heterocycles. The van der Waals surface area contributed by atoms with Crippen molar-refractivity contribution in [3.8, 4) is 0 Å². The second-order valence-corrected chi connectivity index (χ2v) is 11.4. The lowest BCUT2D eigenvalue weighted by atomic mass is 9.98. The number of nitrogens with zero attached hydrogens (tertiary/aromatic N) is 2. The van der Waals surface area contributed by atoms with Crippen molar-refractivity contribution in [1.82, 2.24) is 25.8 Å². The molecule has 0 radical (unpaired) electrons. The van der Waals surface area contributed by atoms with Gasteiger partial charge >= 0.3 is 5.97 Å². The Morgan fingerprint density at radius 2 is 1.88 bits per heavy atom. The van der Waals surface area contributed by atoms with E-state index in [4.69, 9.17) is 4.74 Å². The third kappa shape index (κ3) is 5.70. The van der Waals surface area contributed by atoms with Crippen molar-refractivity contribution >= 4 is 29.6 Å². The van der Waals surface area contributed by atoms with E-state index in [1.54, 1.807) is 42.0 Å². The van der Waals surface area contributed by atoms with Crippen LogP contribution in [0, 0.1) is 0 Å². The maximum atomic E-state index is 13.6. The van der Waals surface area contributed by atoms with Gasteiger partial charge in [0.05, 0.1) is 6.04 Å². The van der Waals surface area contributed by atoms with Crippen molar-refractivity contribution in [2.75, 3.05) is 13.6 Å². The number of fused-ring (bicyclic) bond motifs is 3. The first-order valence-corrected chi connectivity index (χ1v) is 14.4. The lowest BCUT2D eigenvalue weighted by molar-refractivity contribution is -0.144. The molecule has 1 aromatic carbocycles. The van der Waals surface area contributed by atoms with E-state index in [0.717, 1.165) is 31.2 Å². The van der Waals surface area contributed by atoms with Gasteiger partial charge in [0, 0.05) is 37.5 Å². The Bertz CT molecular complexity index is 1170. The average molecular weight is 554 g/mol. The van der Waals surface area contributed by atoms with E-state index >= 15 is 0 Å². The second kappa shape index (κ2) is 12.0. The molecular weight excluding hydrogens is 514 g/mol. The topological polar surface area (TPSA) is 137 Å². The third-order valence-electron chi connectivity index (χ3n) is 8.79. The van der Waals surface area contributed by atoms with Crippen molar-refractivity contribution in [2.45, 2.75) is 101 Å². The zero-order chi connectivity index (χ0) is 28.4. The zero-order valence-electron chi connectivity index (χ0n) is 23.2. The molecule has 4 aliphatic rings. The number of amides is 4. The van der Waals surface area contributed by atoms with Gasteiger partial charge in [-0.25, -0.2) is 4.79 Å². The lowest BCUT2D eigenvalue weighted by Gasteiger charge is -2.35. The molecule has 0 aliphatic carbocycles. The molecule has 5 rings (SSSR count). The molecule has 11 heteroatoms. The number of ether oxygens (including phenoxy) is 1. The van der Waals surface area contributed by atoms with Gasteiger partial charge in [0.25, 0.3) is 5.91 Å². The molecule has 4 heterocycles. The van der Waals surface area contributed by atoms with Crippen LogP contribution in [-0.2, 0) is 30.5 Å². The number of esters is 1. The Kier molecular flexibility index (Phi) is 8.39. The Morgan fingerprint density at radius 3 is 2.67 bits per heavy atom. The maximum absolute atomic E-state index is 13.6. The molecule has 0 spiro atoms. The molecule has 2 unspecified atom stereocenters. The molecule has 40 heavy (non-hydrogen) atoms. The van der Waals surface area contributed by atoms with Crippen LogP contribution < -0.4 is 16.0 Å². The van der Waals surface area contributed by atoms with Crippen molar-refractivity contribution in [3.05, 3.63) is 35.4 Å². The number of hydrogen-bond acceptors (Lipinski definition) is 7. The highest BCUT2D eigenvalue weighted by atomic mass is 16.6. The molecule has 0 saturated carbocycles. The number of hydrogen-bond donors (Lipinski definition) is 3. The van der Waals surface area contributed by atoms with Crippen molar-refractivity contribution in [2.24, 2.45) is 0 Å². The number of rotatable bonds is 7. The second-order valence-electron chi connectivity index (χ2n) is 11.4. The van der Waals surface area contributed by atoms with Crippen LogP contribution in [0.25, 0.3) is 0 Å². The van der Waals surface area contributed by atoms with E-state index in [1.807, 2.05) is 6.07 Å². The van der Waals surface area contributed by atoms with E-state index in [1.165, 1.54) is 0 Å². The number of likely N-dealkylation sites (tertiary alicyclic amines) is 1. The van der Waals surface area contributed by atoms with E-state index in [2.05, 4.69) is 16.0 Å². The number of carbonyl (C=O) groups excluding carboxylic acids is 5. The number of nitrogens with one attached hydrogen (secondary N) is 3. The molecule has 11 nitrogen and oxygen atoms in total. The van der Waals surface area contributed by atoms with Crippen LogP contribution >= 0.6 is 0 Å². The van der Waals surface area contributed by atoms with Gasteiger partial charge < -0.3 is 30.5 Å². The summed E-state index contributed by atoms with van der Waals surface area (Å²) in [5, 5.41) is 8.74. The molecular formula is C29H39N5O6. The summed E-state index contributed by atoms with van der Waals surface area (Å²) in [7, 11) is 1.69. The minimum Gasteiger partial charge on any atom is -0.461 e. The van der Waals surface area contributed by atoms with Gasteiger partial charge in [0.2, 0.25) is 17.7 Å². The number of piperidine rings is 1. The summed E-state index contributed by atoms with van der Waals surface area (Å²) < 4.78 is 5.31. The van der Waals surface area contributed by atoms with Gasteiger partial charge in [-0.1, -0.05) is 25.0 Å². The largest absolute Gasteiger partial charge is 0.461 e. The van der Waals surface area contributed by atoms with Gasteiger partial charge in [0.15, 0.2) is 0 Å². The first kappa shape index (κ1) is 28.1. The molecule has 4 aliphatic heterocycles. The van der Waals surface area contributed by atoms with Crippen molar-refractivity contribution < 1.29 is 28.7 Å². The normalized spacial score (nSPS) is 28.7. The van der Waals surface area contributed by atoms with Crippen LogP contribution in [0.2, 0.25) is 0 Å². The van der Waals surface area contributed by atoms with E-state index in [0.29, 0.717) is 37.8 Å². The first-order chi connectivity index (χ1) is 19.3. The van der Waals surface area contributed by atoms with Gasteiger partial charge in [-0.05, 0) is 57.4 Å². The first-order valence-electron chi connectivity index (χ1n) is 14.4. The summed E-state index contributed by atoms with van der Waals surface area (Å²) in [5.41, 5.74) is 1.21. The predicted octanol–water partition coefficient (Wildman–Crippen LogP) is 0.859. The van der Waals surface area contributed by atoms with Crippen LogP contribution in [-0.4, -0.2) is 89.3 Å². The highest BCUT2D eigenvalue weighted by Crippen LogP contribution is 2.32. The predicted molar refractivity (Wildman–Crippen MR) is 145 cm³/mol. The monoisotopic (exact) mass is 553 g/mol. The Balaban J connectivity index is 1.23. The zero-order valence-corrected chi connectivity index (χ0v) is 23.2. The Morgan fingerprint density at radius 1 is 1.07 bits per heavy atom. The van der Waals surface area contributed by atoms with Gasteiger partial charge in [0.1, 0.15) is 24.2 Å². The fourth-order valence-corrected chi connectivity index (χ4v) is 6.39. The standard InChI is InChI=1S/C29H39N5O6/c1-17(30-2)25(35)32-22-9-4-3-8-20-10-11-23(34(20)28(22)38)26(36)31-16-18-6-5-7-19(14-18)27(37)33-13-12-21-15-24(33)29(39)40-21/h5-7,14,17,20-24,30H,3-4,8-13,15-16H2,1-2H3,(H,31,36)(H,32,35)/t17?,20-,21?,22-,23-,24-/m0/s1. The Labute approximate surface area is 234 Å². The van der Waals surface area contributed by atoms with E-state index < -0.39 is 24.2 Å². The summed E-state index contributed by atoms with van der Waals surface area (Å²) in [4.78, 5) is 68.1. The summed E-state index contributed by atoms with van der Waals surface area (Å²) >= 11 is 0. The summed E-state index contributed by atoms with van der Waals surface area (Å²) in [5.74, 6) is -1.23. The fourth-order valence-electron chi connectivity index (χ4n) is 6.39. The molecule has 0 aromatic heterocycles. The van der Waals surface area contributed by atoms with Crippen LogP contribution in [0.15, 0.2) is 24.3 Å². The summed E-state index contributed by atoms with van der Waals surface area (Å²) in [6.07, 6.45) is 5.59.